The van der Waals surface area contributed by atoms with Gasteiger partial charge in [0.05, 0.1) is 0 Å². The number of likely N-dealkylation sites (tertiary alicyclic amines) is 2. The van der Waals surface area contributed by atoms with Crippen molar-refractivity contribution in [2.24, 2.45) is 11.8 Å². The Hall–Kier alpha value is -1.53. The van der Waals surface area contributed by atoms with Gasteiger partial charge < -0.3 is 4.90 Å². The third-order valence-corrected chi connectivity index (χ3v) is 8.70. The zero-order valence-electron chi connectivity index (χ0n) is 20.4. The van der Waals surface area contributed by atoms with Crippen molar-refractivity contribution < 1.29 is 4.79 Å². The molecule has 0 aromatic carbocycles. The lowest BCUT2D eigenvalue weighted by Gasteiger charge is -2.46. The summed E-state index contributed by atoms with van der Waals surface area (Å²) in [6.07, 6.45) is 11.2. The zero-order valence-corrected chi connectivity index (χ0v) is 20.4. The minimum Gasteiger partial charge on any atom is -0.332 e. The van der Waals surface area contributed by atoms with E-state index < -0.39 is 0 Å². The molecule has 1 aromatic heterocycles. The number of nitrogens with zero attached hydrogens (tertiary/aromatic N) is 5. The summed E-state index contributed by atoms with van der Waals surface area (Å²) in [5.41, 5.74) is 1.29. The maximum Gasteiger partial charge on any atom is 0.225 e. The number of fused-ring (bicyclic) bond motifs is 2. The highest BCUT2D eigenvalue weighted by Crippen LogP contribution is 2.37. The fourth-order valence-electron chi connectivity index (χ4n) is 6.58. The van der Waals surface area contributed by atoms with Crippen LogP contribution in [-0.2, 0) is 4.79 Å². The largest absolute Gasteiger partial charge is 0.332 e. The van der Waals surface area contributed by atoms with Crippen molar-refractivity contribution in [1.82, 2.24) is 19.8 Å². The second-order valence-corrected chi connectivity index (χ2v) is 11.4. The molecule has 4 heterocycles. The minimum absolute atomic E-state index is 0.183. The topological polar surface area (TPSA) is 52.6 Å². The van der Waals surface area contributed by atoms with Crippen LogP contribution in [-0.4, -0.2) is 75.9 Å². The Morgan fingerprint density at radius 2 is 1.41 bits per heavy atom. The molecule has 0 amide bonds. The number of carbonyl (C=O) groups is 1. The Morgan fingerprint density at radius 1 is 0.844 bits per heavy atom. The molecule has 32 heavy (non-hydrogen) atoms. The predicted octanol–water partition coefficient (Wildman–Crippen LogP) is 3.72. The van der Waals surface area contributed by atoms with Gasteiger partial charge in [0.25, 0.3) is 0 Å². The van der Waals surface area contributed by atoms with E-state index in [1.807, 2.05) is 13.8 Å². The third kappa shape index (κ3) is 4.21. The van der Waals surface area contributed by atoms with Gasteiger partial charge in [-0.1, -0.05) is 13.8 Å². The fraction of sp³-hybridized carbons (Fsp3) is 0.808. The quantitative estimate of drug-likeness (QED) is 0.673. The van der Waals surface area contributed by atoms with Crippen molar-refractivity contribution in [1.29, 1.82) is 0 Å². The number of ketones is 1. The van der Waals surface area contributed by atoms with Crippen LogP contribution in [0.1, 0.15) is 77.7 Å². The highest BCUT2D eigenvalue weighted by molar-refractivity contribution is 5.82. The van der Waals surface area contributed by atoms with Crippen LogP contribution in [0.25, 0.3) is 0 Å². The van der Waals surface area contributed by atoms with Crippen LogP contribution in [0.5, 0.6) is 0 Å². The molecule has 176 valence electrons. The Balaban J connectivity index is 1.13. The molecule has 5 rings (SSSR count). The van der Waals surface area contributed by atoms with Crippen LogP contribution < -0.4 is 4.90 Å². The monoisotopic (exact) mass is 439 g/mol. The molecule has 2 atom stereocenters. The summed E-state index contributed by atoms with van der Waals surface area (Å²) in [6.45, 7) is 13.2. The van der Waals surface area contributed by atoms with E-state index in [2.05, 4.69) is 40.9 Å². The van der Waals surface area contributed by atoms with E-state index in [0.717, 1.165) is 45.0 Å². The average Bonchev–Trinajstić information content (AvgIpc) is 3.02. The maximum absolute atomic E-state index is 12.3. The van der Waals surface area contributed by atoms with Crippen molar-refractivity contribution in [3.8, 4) is 0 Å². The van der Waals surface area contributed by atoms with Crippen LogP contribution >= 0.6 is 0 Å². The SMILES string of the molecule is CC(C)C(=O)C1CCC(N2CC(c3cnc(N4C5CCC4CN(C(C)C)C5)nc3)C2)CC1. The molecule has 4 aliphatic rings. The van der Waals surface area contributed by atoms with Crippen molar-refractivity contribution in [3.05, 3.63) is 18.0 Å². The van der Waals surface area contributed by atoms with E-state index in [4.69, 9.17) is 9.97 Å². The number of carbonyl (C=O) groups excluding carboxylic acids is 1. The zero-order chi connectivity index (χ0) is 22.4. The van der Waals surface area contributed by atoms with Crippen LogP contribution in [0, 0.1) is 11.8 Å². The molecule has 0 radical (unpaired) electrons. The van der Waals surface area contributed by atoms with Crippen molar-refractivity contribution in [3.63, 3.8) is 0 Å². The van der Waals surface area contributed by atoms with E-state index >= 15 is 0 Å². The van der Waals surface area contributed by atoms with Gasteiger partial charge in [-0.3, -0.25) is 14.6 Å². The summed E-state index contributed by atoms with van der Waals surface area (Å²) < 4.78 is 0. The molecule has 0 N–H and O–H groups in total. The molecule has 3 saturated heterocycles. The highest BCUT2D eigenvalue weighted by Gasteiger charge is 2.42. The highest BCUT2D eigenvalue weighted by atomic mass is 16.1. The molecule has 6 heteroatoms. The van der Waals surface area contributed by atoms with Crippen molar-refractivity contribution in [2.45, 2.75) is 96.3 Å². The van der Waals surface area contributed by atoms with Crippen LogP contribution in [0.2, 0.25) is 0 Å². The molecule has 2 unspecified atom stereocenters. The predicted molar refractivity (Wildman–Crippen MR) is 128 cm³/mol. The van der Waals surface area contributed by atoms with E-state index in [1.54, 1.807) is 0 Å². The Bertz CT molecular complexity index is 781. The summed E-state index contributed by atoms with van der Waals surface area (Å²) in [4.78, 5) is 29.7. The number of rotatable bonds is 6. The maximum atomic E-state index is 12.3. The summed E-state index contributed by atoms with van der Waals surface area (Å²) >= 11 is 0. The van der Waals surface area contributed by atoms with Gasteiger partial charge in [0.1, 0.15) is 5.78 Å². The first kappa shape index (κ1) is 22.3. The molecule has 4 fully saturated rings. The number of aromatic nitrogens is 2. The normalized spacial score (nSPS) is 32.0. The smallest absolute Gasteiger partial charge is 0.225 e. The fourth-order valence-corrected chi connectivity index (χ4v) is 6.58. The number of Topliss-reactive ketones (excluding diaryl/α,β-unsaturated/α-hetero) is 1. The number of piperazine rings is 1. The Morgan fingerprint density at radius 3 is 1.94 bits per heavy atom. The molecule has 1 aromatic rings. The lowest BCUT2D eigenvalue weighted by Crippen LogP contribution is -2.56. The summed E-state index contributed by atoms with van der Waals surface area (Å²) in [6, 6.07) is 2.42. The molecule has 1 aliphatic carbocycles. The molecule has 1 saturated carbocycles. The van der Waals surface area contributed by atoms with Gasteiger partial charge in [0.15, 0.2) is 0 Å². The average molecular weight is 440 g/mol. The molecule has 6 nitrogen and oxygen atoms in total. The van der Waals surface area contributed by atoms with Crippen LogP contribution in [0.3, 0.4) is 0 Å². The minimum atomic E-state index is 0.183. The Labute approximate surface area is 193 Å². The van der Waals surface area contributed by atoms with Crippen molar-refractivity contribution >= 4 is 11.7 Å². The van der Waals surface area contributed by atoms with Gasteiger partial charge in [-0.2, -0.15) is 0 Å². The van der Waals surface area contributed by atoms with E-state index in [-0.39, 0.29) is 5.92 Å². The summed E-state index contributed by atoms with van der Waals surface area (Å²) in [5, 5.41) is 0. The second kappa shape index (κ2) is 9.02. The number of hydrogen-bond donors (Lipinski definition) is 0. The van der Waals surface area contributed by atoms with Gasteiger partial charge in [0.2, 0.25) is 5.95 Å². The van der Waals surface area contributed by atoms with E-state index in [1.165, 1.54) is 31.2 Å². The van der Waals surface area contributed by atoms with Gasteiger partial charge in [-0.15, -0.1) is 0 Å². The first-order valence-corrected chi connectivity index (χ1v) is 13.0. The van der Waals surface area contributed by atoms with Gasteiger partial charge >= 0.3 is 0 Å². The molecular weight excluding hydrogens is 398 g/mol. The van der Waals surface area contributed by atoms with Crippen molar-refractivity contribution in [2.75, 3.05) is 31.1 Å². The lowest BCUT2D eigenvalue weighted by molar-refractivity contribution is -0.127. The third-order valence-electron chi connectivity index (χ3n) is 8.70. The summed E-state index contributed by atoms with van der Waals surface area (Å²) in [7, 11) is 0. The van der Waals surface area contributed by atoms with Gasteiger partial charge in [-0.05, 0) is 57.9 Å². The molecule has 2 bridgehead atoms. The lowest BCUT2D eigenvalue weighted by atomic mass is 9.78. The van der Waals surface area contributed by atoms with Crippen LogP contribution in [0.4, 0.5) is 5.95 Å². The number of anilines is 1. The first-order valence-electron chi connectivity index (χ1n) is 13.0. The van der Waals surface area contributed by atoms with Crippen LogP contribution in [0.15, 0.2) is 12.4 Å². The molecule has 3 aliphatic heterocycles. The summed E-state index contributed by atoms with van der Waals surface area (Å²) in [5.74, 6) is 2.47. The Kier molecular flexibility index (Phi) is 6.28. The van der Waals surface area contributed by atoms with E-state index in [0.29, 0.717) is 41.8 Å². The van der Waals surface area contributed by atoms with E-state index in [9.17, 15) is 4.79 Å². The van der Waals surface area contributed by atoms with Gasteiger partial charge in [0, 0.05) is 80.5 Å². The molecule has 0 spiro atoms. The first-order chi connectivity index (χ1) is 15.4. The number of hydrogen-bond acceptors (Lipinski definition) is 6. The molecular formula is C26H41N5O. The second-order valence-electron chi connectivity index (χ2n) is 11.4. The standard InChI is InChI=1S/C26H41N5O/c1-17(2)25(32)19-5-7-22(8-6-19)30-13-21(14-30)20-11-27-26(28-12-20)31-23-9-10-24(31)16-29(15-23)18(3)4/h11-12,17-19,21-24H,5-10,13-16H2,1-4H3. The van der Waals surface area contributed by atoms with Gasteiger partial charge in [-0.25, -0.2) is 9.97 Å².